The molecule has 1 unspecified atom stereocenters. The first-order valence-electron chi connectivity index (χ1n) is 6.80. The number of nitrogens with one attached hydrogen (secondary N) is 1. The minimum absolute atomic E-state index is 0.167. The van der Waals surface area contributed by atoms with Gasteiger partial charge in [0.1, 0.15) is 0 Å². The lowest BCUT2D eigenvalue weighted by Gasteiger charge is -2.20. The topological polar surface area (TPSA) is 12.0 Å². The van der Waals surface area contributed by atoms with E-state index in [2.05, 4.69) is 97.8 Å². The molecule has 0 fully saturated rings. The predicted octanol–water partition coefficient (Wildman–Crippen LogP) is 5.67. The molecule has 21 heavy (non-hydrogen) atoms. The van der Waals surface area contributed by atoms with Gasteiger partial charge in [-0.15, -0.1) is 0 Å². The summed E-state index contributed by atoms with van der Waals surface area (Å²) < 4.78 is 2.23. The van der Waals surface area contributed by atoms with Gasteiger partial charge in [0.15, 0.2) is 0 Å². The van der Waals surface area contributed by atoms with E-state index >= 15 is 0 Å². The Labute approximate surface area is 141 Å². The Morgan fingerprint density at radius 3 is 2.33 bits per heavy atom. The van der Waals surface area contributed by atoms with Crippen LogP contribution in [0, 0.1) is 0 Å². The number of fused-ring (bicyclic) bond motifs is 1. The lowest BCUT2D eigenvalue weighted by molar-refractivity contribution is 0.696. The van der Waals surface area contributed by atoms with Crippen molar-refractivity contribution in [2.75, 3.05) is 7.05 Å². The number of hydrogen-bond donors (Lipinski definition) is 1. The summed E-state index contributed by atoms with van der Waals surface area (Å²) in [4.78, 5) is 0. The molecule has 1 nitrogen and oxygen atoms in total. The van der Waals surface area contributed by atoms with Crippen LogP contribution in [0.2, 0.25) is 0 Å². The van der Waals surface area contributed by atoms with E-state index in [0.717, 1.165) is 8.95 Å². The molecule has 3 aromatic carbocycles. The van der Waals surface area contributed by atoms with Crippen LogP contribution in [0.4, 0.5) is 0 Å². The summed E-state index contributed by atoms with van der Waals surface area (Å²) in [5, 5.41) is 5.95. The zero-order chi connectivity index (χ0) is 14.8. The fourth-order valence-corrected chi connectivity index (χ4v) is 3.62. The summed E-state index contributed by atoms with van der Waals surface area (Å²) in [6.45, 7) is 0. The summed E-state index contributed by atoms with van der Waals surface area (Å²) in [5.74, 6) is 0. The van der Waals surface area contributed by atoms with Crippen LogP contribution in [-0.2, 0) is 0 Å². The third-order valence-corrected chi connectivity index (χ3v) is 4.87. The SMILES string of the molecule is CNC(c1cccc(Br)c1)c1ccc(Br)c2ccccc12. The van der Waals surface area contributed by atoms with Gasteiger partial charge >= 0.3 is 0 Å². The van der Waals surface area contributed by atoms with Gasteiger partial charge in [-0.3, -0.25) is 0 Å². The first-order chi connectivity index (χ1) is 10.2. The van der Waals surface area contributed by atoms with Crippen molar-refractivity contribution in [1.82, 2.24) is 5.32 Å². The smallest absolute Gasteiger partial charge is 0.0580 e. The summed E-state index contributed by atoms with van der Waals surface area (Å²) in [6.07, 6.45) is 0. The second kappa shape index (κ2) is 6.30. The summed E-state index contributed by atoms with van der Waals surface area (Å²) in [7, 11) is 2.00. The average Bonchev–Trinajstić information content (AvgIpc) is 2.51. The van der Waals surface area contributed by atoms with Gasteiger partial charge in [-0.25, -0.2) is 0 Å². The van der Waals surface area contributed by atoms with Crippen LogP contribution in [0.1, 0.15) is 17.2 Å². The maximum absolute atomic E-state index is 3.64. The fourth-order valence-electron chi connectivity index (χ4n) is 2.73. The Bertz CT molecular complexity index is 783. The van der Waals surface area contributed by atoms with Crippen molar-refractivity contribution in [3.05, 3.63) is 80.7 Å². The zero-order valence-electron chi connectivity index (χ0n) is 11.6. The Morgan fingerprint density at radius 1 is 0.857 bits per heavy atom. The van der Waals surface area contributed by atoms with Crippen molar-refractivity contribution < 1.29 is 0 Å². The zero-order valence-corrected chi connectivity index (χ0v) is 14.8. The standard InChI is InChI=1S/C18H15Br2N/c1-21-18(12-5-4-6-13(19)11-12)16-9-10-17(20)15-8-3-2-7-14(15)16/h2-11,18,21H,1H3. The molecule has 1 atom stereocenters. The molecule has 106 valence electrons. The van der Waals surface area contributed by atoms with Gasteiger partial charge in [-0.2, -0.15) is 0 Å². The number of benzene rings is 3. The van der Waals surface area contributed by atoms with Crippen LogP contribution in [-0.4, -0.2) is 7.05 Å². The minimum atomic E-state index is 0.167. The minimum Gasteiger partial charge on any atom is -0.309 e. The Balaban J connectivity index is 2.20. The highest BCUT2D eigenvalue weighted by Crippen LogP contribution is 2.33. The fraction of sp³-hybridized carbons (Fsp3) is 0.111. The van der Waals surface area contributed by atoms with Gasteiger partial charge in [0, 0.05) is 8.95 Å². The molecule has 0 aliphatic rings. The van der Waals surface area contributed by atoms with Crippen molar-refractivity contribution in [1.29, 1.82) is 0 Å². The Morgan fingerprint density at radius 2 is 1.62 bits per heavy atom. The van der Waals surface area contributed by atoms with E-state index in [9.17, 15) is 0 Å². The van der Waals surface area contributed by atoms with Crippen molar-refractivity contribution >= 4 is 42.6 Å². The molecule has 0 amide bonds. The molecular weight excluding hydrogens is 390 g/mol. The quantitative estimate of drug-likeness (QED) is 0.592. The van der Waals surface area contributed by atoms with Gasteiger partial charge in [0.25, 0.3) is 0 Å². The molecule has 3 heteroatoms. The molecule has 0 aliphatic heterocycles. The summed E-state index contributed by atoms with van der Waals surface area (Å²) in [6, 6.07) is 21.4. The third-order valence-electron chi connectivity index (χ3n) is 3.69. The van der Waals surface area contributed by atoms with E-state index in [0.29, 0.717) is 0 Å². The van der Waals surface area contributed by atoms with Crippen LogP contribution in [0.25, 0.3) is 10.8 Å². The first kappa shape index (κ1) is 14.8. The molecule has 0 saturated carbocycles. The Hall–Kier alpha value is -1.16. The predicted molar refractivity (Wildman–Crippen MR) is 96.7 cm³/mol. The maximum atomic E-state index is 3.64. The Kier molecular flexibility index (Phi) is 4.43. The first-order valence-corrected chi connectivity index (χ1v) is 8.39. The van der Waals surface area contributed by atoms with Crippen molar-refractivity contribution in [3.8, 4) is 0 Å². The molecule has 0 aliphatic carbocycles. The molecule has 1 N–H and O–H groups in total. The molecule has 3 rings (SSSR count). The summed E-state index contributed by atoms with van der Waals surface area (Å²) in [5.41, 5.74) is 2.54. The molecular formula is C18H15Br2N. The lowest BCUT2D eigenvalue weighted by Crippen LogP contribution is -2.18. The summed E-state index contributed by atoms with van der Waals surface area (Å²) >= 11 is 7.20. The monoisotopic (exact) mass is 403 g/mol. The molecule has 0 heterocycles. The van der Waals surface area contributed by atoms with E-state index in [1.165, 1.54) is 21.9 Å². The van der Waals surface area contributed by atoms with Gasteiger partial charge in [-0.05, 0) is 47.1 Å². The van der Waals surface area contributed by atoms with E-state index in [1.54, 1.807) is 0 Å². The van der Waals surface area contributed by atoms with Crippen LogP contribution in [0.15, 0.2) is 69.6 Å². The molecule has 0 saturated heterocycles. The van der Waals surface area contributed by atoms with Crippen LogP contribution in [0.5, 0.6) is 0 Å². The lowest BCUT2D eigenvalue weighted by atomic mass is 9.94. The highest BCUT2D eigenvalue weighted by molar-refractivity contribution is 9.11. The highest BCUT2D eigenvalue weighted by Gasteiger charge is 2.15. The number of hydrogen-bond acceptors (Lipinski definition) is 1. The van der Waals surface area contributed by atoms with Crippen LogP contribution in [0.3, 0.4) is 0 Å². The third kappa shape index (κ3) is 2.91. The van der Waals surface area contributed by atoms with Gasteiger partial charge in [-0.1, -0.05) is 74.3 Å². The van der Waals surface area contributed by atoms with Crippen molar-refractivity contribution in [2.45, 2.75) is 6.04 Å². The normalized spacial score (nSPS) is 12.5. The highest BCUT2D eigenvalue weighted by atomic mass is 79.9. The largest absolute Gasteiger partial charge is 0.309 e. The van der Waals surface area contributed by atoms with Gasteiger partial charge < -0.3 is 5.32 Å². The van der Waals surface area contributed by atoms with E-state index in [-0.39, 0.29) is 6.04 Å². The number of rotatable bonds is 3. The van der Waals surface area contributed by atoms with Crippen LogP contribution < -0.4 is 5.32 Å². The second-order valence-electron chi connectivity index (χ2n) is 4.96. The number of halogens is 2. The molecule has 0 aromatic heterocycles. The van der Waals surface area contributed by atoms with Crippen molar-refractivity contribution in [2.24, 2.45) is 0 Å². The molecule has 0 radical (unpaired) electrons. The van der Waals surface area contributed by atoms with Gasteiger partial charge in [0.05, 0.1) is 6.04 Å². The maximum Gasteiger partial charge on any atom is 0.0580 e. The van der Waals surface area contributed by atoms with Crippen LogP contribution >= 0.6 is 31.9 Å². The molecule has 0 bridgehead atoms. The second-order valence-corrected chi connectivity index (χ2v) is 6.73. The van der Waals surface area contributed by atoms with E-state index in [4.69, 9.17) is 0 Å². The molecule has 0 spiro atoms. The van der Waals surface area contributed by atoms with E-state index < -0.39 is 0 Å². The van der Waals surface area contributed by atoms with Gasteiger partial charge in [0.2, 0.25) is 0 Å². The van der Waals surface area contributed by atoms with E-state index in [1.807, 2.05) is 7.05 Å². The average molecular weight is 405 g/mol. The van der Waals surface area contributed by atoms with Crippen molar-refractivity contribution in [3.63, 3.8) is 0 Å². The molecule has 3 aromatic rings.